The maximum Gasteiger partial charge on any atom is 0.335 e. The van der Waals surface area contributed by atoms with Crippen LogP contribution in [0.5, 0.6) is 5.88 Å². The van der Waals surface area contributed by atoms with E-state index in [0.29, 0.717) is 23.0 Å². The molecule has 41 heavy (non-hydrogen) atoms. The summed E-state index contributed by atoms with van der Waals surface area (Å²) in [5.41, 5.74) is 2.27. The lowest BCUT2D eigenvalue weighted by Gasteiger charge is -2.38. The lowest BCUT2D eigenvalue weighted by molar-refractivity contribution is -0.0594. The van der Waals surface area contributed by atoms with E-state index in [-0.39, 0.29) is 24.3 Å². The van der Waals surface area contributed by atoms with E-state index in [9.17, 15) is 14.3 Å². The number of imidazole rings is 1. The minimum atomic E-state index is -0.953. The molecule has 0 radical (unpaired) electrons. The van der Waals surface area contributed by atoms with Crippen molar-refractivity contribution in [1.29, 1.82) is 0 Å². The van der Waals surface area contributed by atoms with Crippen LogP contribution < -0.4 is 9.64 Å². The highest BCUT2D eigenvalue weighted by molar-refractivity contribution is 6.30. The number of rotatable bonds is 9. The number of anilines is 1. The second-order valence-electron chi connectivity index (χ2n) is 10.4. The Morgan fingerprint density at radius 2 is 1.95 bits per heavy atom. The highest BCUT2D eigenvalue weighted by Crippen LogP contribution is 2.29. The van der Waals surface area contributed by atoms with Crippen LogP contribution in [-0.4, -0.2) is 69.4 Å². The van der Waals surface area contributed by atoms with Crippen LogP contribution in [0.25, 0.3) is 11.0 Å². The topological polar surface area (TPSA) is 92.9 Å². The summed E-state index contributed by atoms with van der Waals surface area (Å²) < 4.78 is 27.8. The van der Waals surface area contributed by atoms with Crippen LogP contribution >= 0.6 is 11.6 Å². The van der Waals surface area contributed by atoms with Gasteiger partial charge in [0.15, 0.2) is 0 Å². The smallest absolute Gasteiger partial charge is 0.335 e. The number of hydrogen-bond donors (Lipinski definition) is 1. The molecule has 0 amide bonds. The molecular formula is C30H31ClFN5O4. The Hall–Kier alpha value is -3.73. The Labute approximate surface area is 242 Å². The molecule has 2 aromatic carbocycles. The Morgan fingerprint density at radius 3 is 2.66 bits per heavy atom. The van der Waals surface area contributed by atoms with Gasteiger partial charge in [-0.05, 0) is 49.7 Å². The number of piperazine rings is 1. The predicted molar refractivity (Wildman–Crippen MR) is 153 cm³/mol. The Kier molecular flexibility index (Phi) is 7.79. The van der Waals surface area contributed by atoms with E-state index < -0.39 is 11.8 Å². The minimum absolute atomic E-state index is 0.0230. The SMILES string of the molecule is C[C@H](c1nc2ccc(C(=O)O)cc2n1CC1CCO1)N1CCN(c2cccc(OCc3ccc(Cl)cc3F)n2)CC1. The van der Waals surface area contributed by atoms with Crippen molar-refractivity contribution in [3.63, 3.8) is 0 Å². The molecular weight excluding hydrogens is 549 g/mol. The maximum atomic E-state index is 14.1. The number of aromatic nitrogens is 3. The molecule has 2 saturated heterocycles. The molecule has 214 valence electrons. The summed E-state index contributed by atoms with van der Waals surface area (Å²) in [5.74, 6) is 0.789. The van der Waals surface area contributed by atoms with E-state index in [1.165, 1.54) is 6.07 Å². The van der Waals surface area contributed by atoms with Gasteiger partial charge in [0.1, 0.15) is 24.1 Å². The highest BCUT2D eigenvalue weighted by Gasteiger charge is 2.29. The fraction of sp³-hybridized carbons (Fsp3) is 0.367. The molecule has 4 heterocycles. The summed E-state index contributed by atoms with van der Waals surface area (Å²) in [7, 11) is 0. The van der Waals surface area contributed by atoms with Crippen LogP contribution in [0.15, 0.2) is 54.6 Å². The zero-order valence-corrected chi connectivity index (χ0v) is 23.4. The fourth-order valence-corrected chi connectivity index (χ4v) is 5.53. The molecule has 0 bridgehead atoms. The van der Waals surface area contributed by atoms with E-state index in [0.717, 1.165) is 61.9 Å². The largest absolute Gasteiger partial charge is 0.478 e. The predicted octanol–water partition coefficient (Wildman–Crippen LogP) is 5.17. The van der Waals surface area contributed by atoms with Gasteiger partial charge < -0.3 is 24.0 Å². The second kappa shape index (κ2) is 11.6. The van der Waals surface area contributed by atoms with Crippen molar-refractivity contribution in [2.75, 3.05) is 37.7 Å². The van der Waals surface area contributed by atoms with Gasteiger partial charge in [-0.3, -0.25) is 4.90 Å². The van der Waals surface area contributed by atoms with Gasteiger partial charge in [0.25, 0.3) is 0 Å². The van der Waals surface area contributed by atoms with Crippen molar-refractivity contribution in [3.8, 4) is 5.88 Å². The van der Waals surface area contributed by atoms with Crippen LogP contribution in [0.1, 0.15) is 41.1 Å². The quantitative estimate of drug-likeness (QED) is 0.290. The zero-order chi connectivity index (χ0) is 28.5. The number of fused-ring (bicyclic) bond motifs is 1. The molecule has 11 heteroatoms. The number of ether oxygens (including phenoxy) is 2. The molecule has 2 atom stereocenters. The number of nitrogens with zero attached hydrogens (tertiary/aromatic N) is 5. The van der Waals surface area contributed by atoms with Crippen molar-refractivity contribution < 1.29 is 23.8 Å². The molecule has 2 aliphatic rings. The summed E-state index contributed by atoms with van der Waals surface area (Å²) in [6, 6.07) is 15.2. The van der Waals surface area contributed by atoms with Gasteiger partial charge >= 0.3 is 5.97 Å². The molecule has 1 unspecified atom stereocenters. The van der Waals surface area contributed by atoms with Crippen molar-refractivity contribution in [1.82, 2.24) is 19.4 Å². The standard InChI is InChI=1S/C30H31ClFN5O4/c1-19(29-33-25-8-6-20(30(38)39)15-26(25)37(29)17-23-9-14-40-23)35-10-12-36(13-11-35)27-3-2-4-28(34-27)41-18-21-5-7-22(31)16-24(21)32/h2-8,15-16,19,23H,9-14,17-18H2,1H3,(H,38,39)/t19-,23?/m1/s1. The number of carboxylic acid groups (broad SMARTS) is 1. The van der Waals surface area contributed by atoms with Gasteiger partial charge in [0, 0.05) is 49.4 Å². The first-order chi connectivity index (χ1) is 19.9. The molecule has 4 aromatic rings. The summed E-state index contributed by atoms with van der Waals surface area (Å²) >= 11 is 5.84. The molecule has 2 aromatic heterocycles. The van der Waals surface area contributed by atoms with E-state index in [2.05, 4.69) is 26.3 Å². The molecule has 2 aliphatic heterocycles. The summed E-state index contributed by atoms with van der Waals surface area (Å²) in [4.78, 5) is 25.8. The average molecular weight is 580 g/mol. The van der Waals surface area contributed by atoms with Crippen LogP contribution in [-0.2, 0) is 17.9 Å². The van der Waals surface area contributed by atoms with Crippen molar-refractivity contribution >= 4 is 34.4 Å². The van der Waals surface area contributed by atoms with Crippen LogP contribution in [0, 0.1) is 5.82 Å². The number of carbonyl (C=O) groups is 1. The number of carboxylic acids is 1. The van der Waals surface area contributed by atoms with Gasteiger partial charge in [-0.2, -0.15) is 4.98 Å². The number of benzene rings is 2. The molecule has 1 N–H and O–H groups in total. The maximum absolute atomic E-state index is 14.1. The van der Waals surface area contributed by atoms with Crippen LogP contribution in [0.4, 0.5) is 10.2 Å². The van der Waals surface area contributed by atoms with Crippen LogP contribution in [0.3, 0.4) is 0 Å². The lowest BCUT2D eigenvalue weighted by Crippen LogP contribution is -2.48. The van der Waals surface area contributed by atoms with Crippen molar-refractivity contribution in [2.45, 2.75) is 38.6 Å². The highest BCUT2D eigenvalue weighted by atomic mass is 35.5. The van der Waals surface area contributed by atoms with Gasteiger partial charge in [-0.1, -0.05) is 23.7 Å². The van der Waals surface area contributed by atoms with Gasteiger partial charge in [0.2, 0.25) is 5.88 Å². The summed E-state index contributed by atoms with van der Waals surface area (Å²) in [6.45, 7) is 6.74. The third-order valence-corrected chi connectivity index (χ3v) is 8.10. The third kappa shape index (κ3) is 5.86. The Morgan fingerprint density at radius 1 is 1.15 bits per heavy atom. The first kappa shape index (κ1) is 27.4. The fourth-order valence-electron chi connectivity index (χ4n) is 5.37. The van der Waals surface area contributed by atoms with Crippen molar-refractivity contribution in [3.05, 3.63) is 82.4 Å². The molecule has 0 spiro atoms. The molecule has 0 aliphatic carbocycles. The van der Waals surface area contributed by atoms with Crippen molar-refractivity contribution in [2.24, 2.45) is 0 Å². The first-order valence-corrected chi connectivity index (χ1v) is 14.1. The summed E-state index contributed by atoms with van der Waals surface area (Å²) in [6.07, 6.45) is 1.09. The Bertz CT molecular complexity index is 1570. The van der Waals surface area contributed by atoms with Gasteiger partial charge in [-0.15, -0.1) is 0 Å². The van der Waals surface area contributed by atoms with E-state index in [1.54, 1.807) is 36.4 Å². The number of aromatic carboxylic acids is 1. The first-order valence-electron chi connectivity index (χ1n) is 13.7. The summed E-state index contributed by atoms with van der Waals surface area (Å²) in [5, 5.41) is 9.88. The van der Waals surface area contributed by atoms with Gasteiger partial charge in [0.05, 0.1) is 35.3 Å². The van der Waals surface area contributed by atoms with E-state index >= 15 is 0 Å². The number of pyridine rings is 1. The average Bonchev–Trinajstić information content (AvgIpc) is 3.32. The van der Waals surface area contributed by atoms with Gasteiger partial charge in [-0.25, -0.2) is 14.2 Å². The number of halogens is 2. The van der Waals surface area contributed by atoms with E-state index in [4.69, 9.17) is 26.1 Å². The molecule has 0 saturated carbocycles. The molecule has 9 nitrogen and oxygen atoms in total. The normalized spacial score (nSPS) is 18.3. The lowest BCUT2D eigenvalue weighted by atomic mass is 10.1. The van der Waals surface area contributed by atoms with E-state index in [1.807, 2.05) is 12.1 Å². The minimum Gasteiger partial charge on any atom is -0.478 e. The second-order valence-corrected chi connectivity index (χ2v) is 10.9. The Balaban J connectivity index is 1.14. The zero-order valence-electron chi connectivity index (χ0n) is 22.7. The monoisotopic (exact) mass is 579 g/mol. The third-order valence-electron chi connectivity index (χ3n) is 7.86. The molecule has 2 fully saturated rings. The van der Waals surface area contributed by atoms with Crippen LogP contribution in [0.2, 0.25) is 5.02 Å². The molecule has 6 rings (SSSR count). The number of hydrogen-bond acceptors (Lipinski definition) is 7.